The van der Waals surface area contributed by atoms with Crippen molar-refractivity contribution in [2.24, 2.45) is 0 Å². The molecule has 158 valence electrons. The van der Waals surface area contributed by atoms with Gasteiger partial charge in [0.25, 0.3) is 5.79 Å². The normalized spacial score (nSPS) is 26.0. The Labute approximate surface area is 166 Å². The number of hydrogen-bond acceptors (Lipinski definition) is 10. The standard InChI is InChI=1S/C19H22O10/c1-24-17-16-14(23)8-11(20)9-15(16)28-18(25-2,19(17,26-3)29-27-4)10-5-6-12(21)13(22)7-10/h5-9,17,20-23H,1-4H3. The van der Waals surface area contributed by atoms with Crippen molar-refractivity contribution in [2.45, 2.75) is 17.7 Å². The zero-order chi connectivity index (χ0) is 21.4. The van der Waals surface area contributed by atoms with E-state index in [1.165, 1.54) is 52.7 Å². The number of benzene rings is 2. The Morgan fingerprint density at radius 1 is 0.862 bits per heavy atom. The minimum Gasteiger partial charge on any atom is -0.508 e. The molecule has 10 heteroatoms. The first-order valence-electron chi connectivity index (χ1n) is 8.42. The van der Waals surface area contributed by atoms with Gasteiger partial charge in [0.1, 0.15) is 17.2 Å². The van der Waals surface area contributed by atoms with Gasteiger partial charge >= 0.3 is 5.79 Å². The maximum absolute atomic E-state index is 10.4. The van der Waals surface area contributed by atoms with E-state index in [-0.39, 0.29) is 34.1 Å². The Bertz CT molecular complexity index is 901. The van der Waals surface area contributed by atoms with E-state index >= 15 is 0 Å². The molecule has 0 amide bonds. The highest BCUT2D eigenvalue weighted by Crippen LogP contribution is 2.58. The molecular weight excluding hydrogens is 388 g/mol. The van der Waals surface area contributed by atoms with E-state index in [4.69, 9.17) is 28.7 Å². The van der Waals surface area contributed by atoms with Gasteiger partial charge in [0, 0.05) is 39.0 Å². The second-order valence-electron chi connectivity index (χ2n) is 6.24. The number of phenolic OH excluding ortho intramolecular Hbond substituents is 4. The Morgan fingerprint density at radius 2 is 1.59 bits per heavy atom. The van der Waals surface area contributed by atoms with Crippen molar-refractivity contribution in [1.82, 2.24) is 0 Å². The van der Waals surface area contributed by atoms with Gasteiger partial charge in [-0.2, -0.15) is 4.89 Å². The SMILES string of the molecule is COOC1(OC)C(OC)c2c(O)cc(O)cc2OC1(OC)c1ccc(O)c(O)c1. The lowest BCUT2D eigenvalue weighted by Gasteiger charge is -2.52. The molecule has 0 aromatic heterocycles. The van der Waals surface area contributed by atoms with Gasteiger partial charge in [-0.15, -0.1) is 0 Å². The maximum Gasteiger partial charge on any atom is 0.302 e. The van der Waals surface area contributed by atoms with Gasteiger partial charge in [-0.3, -0.25) is 0 Å². The summed E-state index contributed by atoms with van der Waals surface area (Å²) in [5.41, 5.74) is 0.268. The minimum atomic E-state index is -2.00. The van der Waals surface area contributed by atoms with Crippen LogP contribution in [0.25, 0.3) is 0 Å². The van der Waals surface area contributed by atoms with Crippen molar-refractivity contribution in [2.75, 3.05) is 28.4 Å². The van der Waals surface area contributed by atoms with Crippen LogP contribution in [0.2, 0.25) is 0 Å². The molecule has 0 saturated heterocycles. The first-order chi connectivity index (χ1) is 13.8. The van der Waals surface area contributed by atoms with Crippen LogP contribution in [0.1, 0.15) is 17.2 Å². The van der Waals surface area contributed by atoms with Crippen LogP contribution in [0.5, 0.6) is 28.7 Å². The van der Waals surface area contributed by atoms with Crippen LogP contribution >= 0.6 is 0 Å². The number of methoxy groups -OCH3 is 3. The van der Waals surface area contributed by atoms with E-state index in [1.54, 1.807) is 0 Å². The Balaban J connectivity index is 2.39. The minimum absolute atomic E-state index is 0.0103. The Morgan fingerprint density at radius 3 is 2.14 bits per heavy atom. The van der Waals surface area contributed by atoms with Gasteiger partial charge < -0.3 is 39.4 Å². The van der Waals surface area contributed by atoms with E-state index in [0.29, 0.717) is 0 Å². The lowest BCUT2D eigenvalue weighted by molar-refractivity contribution is -0.512. The highest BCUT2D eigenvalue weighted by Gasteiger charge is 2.68. The fourth-order valence-corrected chi connectivity index (χ4v) is 3.60. The summed E-state index contributed by atoms with van der Waals surface area (Å²) in [6.45, 7) is 0. The maximum atomic E-state index is 10.4. The van der Waals surface area contributed by atoms with Crippen LogP contribution in [0.4, 0.5) is 0 Å². The van der Waals surface area contributed by atoms with Gasteiger partial charge in [0.15, 0.2) is 17.6 Å². The lowest BCUT2D eigenvalue weighted by atomic mass is 9.84. The average Bonchev–Trinajstić information content (AvgIpc) is 2.69. The molecule has 1 aliphatic rings. The summed E-state index contributed by atoms with van der Waals surface area (Å²) in [5.74, 6) is -5.41. The predicted octanol–water partition coefficient (Wildman–Crippen LogP) is 2.01. The number of rotatable bonds is 6. The molecule has 4 N–H and O–H groups in total. The Hall–Kier alpha value is -2.76. The zero-order valence-corrected chi connectivity index (χ0v) is 16.2. The number of aromatic hydroxyl groups is 4. The lowest BCUT2D eigenvalue weighted by Crippen LogP contribution is -2.65. The van der Waals surface area contributed by atoms with Crippen LogP contribution in [0, 0.1) is 0 Å². The van der Waals surface area contributed by atoms with Gasteiger partial charge in [-0.1, -0.05) is 0 Å². The molecule has 10 nitrogen and oxygen atoms in total. The number of ether oxygens (including phenoxy) is 4. The number of hydrogen-bond donors (Lipinski definition) is 4. The molecule has 1 heterocycles. The number of fused-ring (bicyclic) bond motifs is 1. The molecule has 3 rings (SSSR count). The van der Waals surface area contributed by atoms with Crippen LogP contribution in [-0.2, 0) is 29.8 Å². The average molecular weight is 410 g/mol. The predicted molar refractivity (Wildman–Crippen MR) is 96.4 cm³/mol. The van der Waals surface area contributed by atoms with Crippen LogP contribution < -0.4 is 4.74 Å². The summed E-state index contributed by atoms with van der Waals surface area (Å²) in [6.07, 6.45) is -1.19. The first kappa shape index (κ1) is 21.0. The van der Waals surface area contributed by atoms with E-state index in [0.717, 1.165) is 6.07 Å². The molecular formula is C19H22O10. The monoisotopic (exact) mass is 410 g/mol. The van der Waals surface area contributed by atoms with Crippen LogP contribution in [0.15, 0.2) is 30.3 Å². The molecule has 0 spiro atoms. The fraction of sp³-hybridized carbons (Fsp3) is 0.368. The van der Waals surface area contributed by atoms with Gasteiger partial charge in [0.2, 0.25) is 0 Å². The molecule has 3 atom stereocenters. The molecule has 2 aromatic rings. The third kappa shape index (κ3) is 2.93. The third-order valence-corrected chi connectivity index (χ3v) is 4.81. The summed E-state index contributed by atoms with van der Waals surface area (Å²) in [5, 5.41) is 40.1. The smallest absolute Gasteiger partial charge is 0.302 e. The number of phenols is 4. The summed E-state index contributed by atoms with van der Waals surface area (Å²) in [4.78, 5) is 10.4. The highest BCUT2D eigenvalue weighted by atomic mass is 17.2. The van der Waals surface area contributed by atoms with E-state index in [2.05, 4.69) is 0 Å². The molecule has 0 bridgehead atoms. The molecule has 2 aromatic carbocycles. The Kier molecular flexibility index (Phi) is 5.48. The van der Waals surface area contributed by atoms with Crippen molar-refractivity contribution < 1.29 is 49.1 Å². The largest absolute Gasteiger partial charge is 0.508 e. The van der Waals surface area contributed by atoms with E-state index in [1.807, 2.05) is 0 Å². The van der Waals surface area contributed by atoms with Crippen LogP contribution in [-0.4, -0.2) is 54.7 Å². The van der Waals surface area contributed by atoms with Crippen molar-refractivity contribution in [3.05, 3.63) is 41.5 Å². The van der Waals surface area contributed by atoms with Gasteiger partial charge in [-0.05, 0) is 18.2 Å². The molecule has 0 fully saturated rings. The second kappa shape index (κ2) is 7.58. The topological polar surface area (TPSA) is 136 Å². The molecule has 3 unspecified atom stereocenters. The van der Waals surface area contributed by atoms with Crippen LogP contribution in [0.3, 0.4) is 0 Å². The molecule has 0 aliphatic carbocycles. The highest BCUT2D eigenvalue weighted by molar-refractivity contribution is 5.55. The second-order valence-corrected chi connectivity index (χ2v) is 6.24. The van der Waals surface area contributed by atoms with Crippen molar-refractivity contribution >= 4 is 0 Å². The molecule has 0 radical (unpaired) electrons. The van der Waals surface area contributed by atoms with Crippen molar-refractivity contribution in [3.8, 4) is 28.7 Å². The fourth-order valence-electron chi connectivity index (χ4n) is 3.60. The quantitative estimate of drug-likeness (QED) is 0.242. The summed E-state index contributed by atoms with van der Waals surface area (Å²) in [7, 11) is 5.14. The molecule has 29 heavy (non-hydrogen) atoms. The zero-order valence-electron chi connectivity index (χ0n) is 16.2. The molecule has 1 aliphatic heterocycles. The van der Waals surface area contributed by atoms with E-state index in [9.17, 15) is 20.4 Å². The summed E-state index contributed by atoms with van der Waals surface area (Å²) >= 11 is 0. The van der Waals surface area contributed by atoms with Crippen molar-refractivity contribution in [3.63, 3.8) is 0 Å². The first-order valence-corrected chi connectivity index (χ1v) is 8.42. The molecule has 0 saturated carbocycles. The van der Waals surface area contributed by atoms with E-state index < -0.39 is 23.4 Å². The van der Waals surface area contributed by atoms with Crippen molar-refractivity contribution in [1.29, 1.82) is 0 Å². The van der Waals surface area contributed by atoms with Gasteiger partial charge in [-0.25, -0.2) is 4.89 Å². The summed E-state index contributed by atoms with van der Waals surface area (Å²) in [6, 6.07) is 6.17. The summed E-state index contributed by atoms with van der Waals surface area (Å²) < 4.78 is 23.0. The third-order valence-electron chi connectivity index (χ3n) is 4.81. The van der Waals surface area contributed by atoms with Gasteiger partial charge in [0.05, 0.1) is 12.7 Å².